The zero-order valence-electron chi connectivity index (χ0n) is 7.37. The predicted octanol–water partition coefficient (Wildman–Crippen LogP) is 0.401. The van der Waals surface area contributed by atoms with Gasteiger partial charge in [0.1, 0.15) is 10.6 Å². The van der Waals surface area contributed by atoms with Crippen molar-refractivity contribution >= 4 is 15.9 Å². The molecule has 3 N–H and O–H groups in total. The predicted molar refractivity (Wildman–Crippen MR) is 54.2 cm³/mol. The zero-order valence-corrected chi connectivity index (χ0v) is 8.95. The molecule has 76 valence electrons. The molecular weight excluding hydrogens is 250 g/mol. The van der Waals surface area contributed by atoms with Gasteiger partial charge in [0.05, 0.1) is 6.33 Å². The minimum atomic E-state index is -0.237. The highest BCUT2D eigenvalue weighted by Gasteiger charge is 2.28. The van der Waals surface area contributed by atoms with Crippen LogP contribution in [0.25, 0.3) is 0 Å². The van der Waals surface area contributed by atoms with E-state index in [2.05, 4.69) is 25.9 Å². The van der Waals surface area contributed by atoms with Crippen LogP contribution < -0.4 is 16.0 Å². The van der Waals surface area contributed by atoms with Gasteiger partial charge in [-0.15, -0.1) is 0 Å². The summed E-state index contributed by atoms with van der Waals surface area (Å²) in [5.41, 5.74) is 5.37. The number of hydrogen-bond donors (Lipinski definition) is 2. The number of H-pyrrole nitrogens is 1. The van der Waals surface area contributed by atoms with Gasteiger partial charge < -0.3 is 15.5 Å². The van der Waals surface area contributed by atoms with Gasteiger partial charge in [-0.2, -0.15) is 0 Å². The number of rotatable bonds is 2. The van der Waals surface area contributed by atoms with Crippen LogP contribution >= 0.6 is 15.9 Å². The third kappa shape index (κ3) is 1.80. The first-order valence-corrected chi connectivity index (χ1v) is 5.11. The molecule has 0 atom stereocenters. The second kappa shape index (κ2) is 3.70. The van der Waals surface area contributed by atoms with Gasteiger partial charge in [0.25, 0.3) is 5.56 Å². The molecule has 1 saturated carbocycles. The summed E-state index contributed by atoms with van der Waals surface area (Å²) in [6, 6.07) is 0.223. The largest absolute Gasteiger partial charge is 0.473 e. The highest BCUT2D eigenvalue weighted by Crippen LogP contribution is 2.25. The summed E-state index contributed by atoms with van der Waals surface area (Å²) < 4.78 is 5.81. The lowest BCUT2D eigenvalue weighted by Crippen LogP contribution is -2.43. The van der Waals surface area contributed by atoms with Crippen LogP contribution in [0.3, 0.4) is 0 Å². The average Bonchev–Trinajstić information content (AvgIpc) is 2.10. The fraction of sp³-hybridized carbons (Fsp3) is 0.500. The molecule has 2 rings (SSSR count). The number of hydrogen-bond acceptors (Lipinski definition) is 4. The third-order valence-corrected chi connectivity index (χ3v) is 2.87. The fourth-order valence-electron chi connectivity index (χ4n) is 1.31. The van der Waals surface area contributed by atoms with Gasteiger partial charge in [-0.25, -0.2) is 4.98 Å². The van der Waals surface area contributed by atoms with Crippen LogP contribution in [-0.4, -0.2) is 22.1 Å². The summed E-state index contributed by atoms with van der Waals surface area (Å²) in [7, 11) is 0. The summed E-state index contributed by atoms with van der Waals surface area (Å²) in [6.45, 7) is 0. The van der Waals surface area contributed by atoms with Crippen molar-refractivity contribution in [2.45, 2.75) is 25.0 Å². The quantitative estimate of drug-likeness (QED) is 0.806. The topological polar surface area (TPSA) is 81.0 Å². The van der Waals surface area contributed by atoms with E-state index in [4.69, 9.17) is 10.5 Å². The lowest BCUT2D eigenvalue weighted by molar-refractivity contribution is 0.0946. The van der Waals surface area contributed by atoms with Crippen molar-refractivity contribution in [3.05, 3.63) is 21.2 Å². The highest BCUT2D eigenvalue weighted by molar-refractivity contribution is 9.10. The highest BCUT2D eigenvalue weighted by atomic mass is 79.9. The molecule has 1 aliphatic carbocycles. The SMILES string of the molecule is NC1CC(Oc2nc[nH]c(=O)c2Br)C1. The van der Waals surface area contributed by atoms with E-state index in [1.165, 1.54) is 6.33 Å². The van der Waals surface area contributed by atoms with Crippen molar-refractivity contribution in [2.24, 2.45) is 5.73 Å². The van der Waals surface area contributed by atoms with Crippen LogP contribution in [0.15, 0.2) is 15.6 Å². The Kier molecular flexibility index (Phi) is 2.56. The van der Waals surface area contributed by atoms with E-state index >= 15 is 0 Å². The normalized spacial score (nSPS) is 25.6. The molecule has 6 heteroatoms. The van der Waals surface area contributed by atoms with Crippen molar-refractivity contribution in [1.82, 2.24) is 9.97 Å². The van der Waals surface area contributed by atoms with E-state index in [0.29, 0.717) is 10.4 Å². The molecule has 1 aliphatic rings. The number of aromatic amines is 1. The Morgan fingerprint density at radius 3 is 3.00 bits per heavy atom. The Balaban J connectivity index is 2.10. The molecule has 0 aliphatic heterocycles. The molecule has 0 unspecified atom stereocenters. The van der Waals surface area contributed by atoms with Crippen molar-refractivity contribution in [3.8, 4) is 5.88 Å². The second-order valence-electron chi connectivity index (χ2n) is 3.32. The Hall–Kier alpha value is -0.880. The van der Waals surface area contributed by atoms with E-state index in [1.807, 2.05) is 0 Å². The maximum atomic E-state index is 11.1. The van der Waals surface area contributed by atoms with Gasteiger partial charge in [-0.3, -0.25) is 4.79 Å². The lowest BCUT2D eigenvalue weighted by Gasteiger charge is -2.32. The number of ether oxygens (including phenoxy) is 1. The molecule has 0 saturated heterocycles. The zero-order chi connectivity index (χ0) is 10.1. The van der Waals surface area contributed by atoms with Crippen molar-refractivity contribution in [2.75, 3.05) is 0 Å². The van der Waals surface area contributed by atoms with E-state index in [0.717, 1.165) is 12.8 Å². The minimum absolute atomic E-state index is 0.0931. The van der Waals surface area contributed by atoms with Gasteiger partial charge >= 0.3 is 0 Å². The van der Waals surface area contributed by atoms with E-state index in [9.17, 15) is 4.79 Å². The van der Waals surface area contributed by atoms with Crippen molar-refractivity contribution in [1.29, 1.82) is 0 Å². The first kappa shape index (κ1) is 9.67. The number of nitrogens with one attached hydrogen (secondary N) is 1. The molecule has 1 fully saturated rings. The summed E-state index contributed by atoms with van der Waals surface area (Å²) in [5.74, 6) is 0.339. The molecule has 1 aromatic rings. The standard InChI is InChI=1S/C8H10BrN3O2/c9-6-7(13)11-3-12-8(6)14-5-1-4(10)2-5/h3-5H,1-2,10H2,(H,11,12,13). The third-order valence-electron chi connectivity index (χ3n) is 2.17. The van der Waals surface area contributed by atoms with E-state index in [1.54, 1.807) is 0 Å². The molecule has 0 spiro atoms. The van der Waals surface area contributed by atoms with Crippen LogP contribution in [0.2, 0.25) is 0 Å². The van der Waals surface area contributed by atoms with Gasteiger partial charge in [0, 0.05) is 6.04 Å². The van der Waals surface area contributed by atoms with Gasteiger partial charge in [-0.1, -0.05) is 0 Å². The van der Waals surface area contributed by atoms with Gasteiger partial charge in [0.2, 0.25) is 5.88 Å². The van der Waals surface area contributed by atoms with Crippen LogP contribution in [0.1, 0.15) is 12.8 Å². The summed E-state index contributed by atoms with van der Waals surface area (Å²) in [5, 5.41) is 0. The molecule has 0 bridgehead atoms. The Morgan fingerprint density at radius 1 is 1.64 bits per heavy atom. The number of aromatic nitrogens is 2. The van der Waals surface area contributed by atoms with Crippen LogP contribution in [0.4, 0.5) is 0 Å². The van der Waals surface area contributed by atoms with Crippen molar-refractivity contribution in [3.63, 3.8) is 0 Å². The molecule has 14 heavy (non-hydrogen) atoms. The molecule has 0 amide bonds. The molecule has 1 aromatic heterocycles. The average molecular weight is 260 g/mol. The number of nitrogens with zero attached hydrogens (tertiary/aromatic N) is 1. The van der Waals surface area contributed by atoms with Crippen LogP contribution in [-0.2, 0) is 0 Å². The smallest absolute Gasteiger partial charge is 0.268 e. The maximum absolute atomic E-state index is 11.1. The molecule has 0 aromatic carbocycles. The summed E-state index contributed by atoms with van der Waals surface area (Å²) >= 11 is 3.11. The van der Waals surface area contributed by atoms with Gasteiger partial charge in [-0.05, 0) is 28.8 Å². The first-order valence-electron chi connectivity index (χ1n) is 4.32. The lowest BCUT2D eigenvalue weighted by atomic mass is 9.90. The van der Waals surface area contributed by atoms with Gasteiger partial charge in [0.15, 0.2) is 0 Å². The summed E-state index contributed by atoms with van der Waals surface area (Å²) in [6.07, 6.45) is 3.05. The molecular formula is C8H10BrN3O2. The fourth-order valence-corrected chi connectivity index (χ4v) is 1.62. The number of halogens is 1. The molecule has 1 heterocycles. The van der Waals surface area contributed by atoms with Crippen LogP contribution in [0, 0.1) is 0 Å². The Morgan fingerprint density at radius 2 is 2.36 bits per heavy atom. The number of nitrogens with two attached hydrogens (primary N) is 1. The van der Waals surface area contributed by atoms with Crippen LogP contribution in [0.5, 0.6) is 5.88 Å². The van der Waals surface area contributed by atoms with Crippen molar-refractivity contribution < 1.29 is 4.74 Å². The Bertz CT molecular complexity index is 386. The maximum Gasteiger partial charge on any atom is 0.268 e. The van der Waals surface area contributed by atoms with E-state index < -0.39 is 0 Å². The molecule has 0 radical (unpaired) electrons. The molecule has 5 nitrogen and oxygen atoms in total. The Labute approximate surface area is 88.8 Å². The monoisotopic (exact) mass is 259 g/mol. The summed E-state index contributed by atoms with van der Waals surface area (Å²) in [4.78, 5) is 17.5. The van der Waals surface area contributed by atoms with E-state index in [-0.39, 0.29) is 17.7 Å². The second-order valence-corrected chi connectivity index (χ2v) is 4.12. The first-order chi connectivity index (χ1) is 6.66. The minimum Gasteiger partial charge on any atom is -0.473 e.